The Morgan fingerprint density at radius 3 is 1.35 bits per heavy atom. The van der Waals surface area contributed by atoms with Crippen molar-refractivity contribution in [1.82, 2.24) is 0 Å². The summed E-state index contributed by atoms with van der Waals surface area (Å²) >= 11 is 1.67. The Morgan fingerprint density at radius 2 is 1.04 bits per heavy atom. The van der Waals surface area contributed by atoms with Crippen LogP contribution in [-0.2, 0) is 47.6 Å². The summed E-state index contributed by atoms with van der Waals surface area (Å²) in [7, 11) is 0. The summed E-state index contributed by atoms with van der Waals surface area (Å²) in [6, 6.07) is 20.7. The van der Waals surface area contributed by atoms with Crippen molar-refractivity contribution in [2.75, 3.05) is 52.9 Å². The van der Waals surface area contributed by atoms with Gasteiger partial charge in [0.1, 0.15) is 38.6 Å². The number of hydrogen-bond acceptors (Lipinski definition) is 13. The Kier molecular flexibility index (Phi) is 58.9. The molecular weight excluding hydrogens is 899 g/mol. The van der Waals surface area contributed by atoms with E-state index < -0.39 is 11.4 Å². The molecule has 3 atom stereocenters. The number of aliphatic hydroxyl groups is 2. The maximum absolute atomic E-state index is 11.4. The number of benzene rings is 2. The first-order valence-electron chi connectivity index (χ1n) is 22.7. The van der Waals surface area contributed by atoms with Gasteiger partial charge in [-0.15, -0.1) is 0 Å². The van der Waals surface area contributed by atoms with E-state index in [1.165, 1.54) is 17.5 Å². The molecule has 3 unspecified atom stereocenters. The summed E-state index contributed by atoms with van der Waals surface area (Å²) in [5, 5.41) is 16.6. The molecule has 68 heavy (non-hydrogen) atoms. The molecule has 4 radical (unpaired) electrons. The minimum Gasteiger partial charge on any atom is -0.577 e. The van der Waals surface area contributed by atoms with Gasteiger partial charge in [0.05, 0.1) is 37.3 Å². The Balaban J connectivity index is -0.000000128. The standard InChI is InChI=1S/C10H14.C9H16O3.C8H16O3.C8H8.C7H10O3.C6H10O3.2C2H6.Al.B.HN.H2P/c1-3-9(2)10-7-5-4-6-8-10;1-4-9(2,3)8(10)12-6-7-5-11-7;1-4-8(2,3)7(10)11-6-5-9;1-2-8-6-4-3-5-7-8;1-5(2)7(8)10-4-6-3-9-6;1-5(2)6(8)9-4-3-7;2*1-2;;;;/h4-9H,3H2,1-2H3;7H,4-6H2,1-3H3;9H,4-6H2,1-3H3;2-7H,1H2;6H,1,3-4H2,2H3;7H,1,3-4H2,2H3;2*1-2H3;;;1H;1H2/q;;;;;;;;;;;-1. The molecule has 2 aromatic rings. The van der Waals surface area contributed by atoms with E-state index in [4.69, 9.17) is 38.2 Å². The van der Waals surface area contributed by atoms with Crippen molar-refractivity contribution < 1.29 is 57.8 Å². The third-order valence-corrected chi connectivity index (χ3v) is 8.84. The summed E-state index contributed by atoms with van der Waals surface area (Å²) in [5.74, 6) is -0.449. The fourth-order valence-corrected chi connectivity index (χ4v) is 3.47. The van der Waals surface area contributed by atoms with E-state index in [1.54, 1.807) is 29.9 Å². The average Bonchev–Trinajstić information content (AvgIpc) is 4.31. The smallest absolute Gasteiger partial charge is 0.577 e. The Bertz CT molecular complexity index is 1560. The topological polar surface area (TPSA) is 195 Å². The van der Waals surface area contributed by atoms with Crippen LogP contribution in [-0.4, -0.2) is 124 Å². The second-order valence-corrected chi connectivity index (χ2v) is 15.2. The van der Waals surface area contributed by atoms with Gasteiger partial charge < -0.3 is 48.5 Å². The molecule has 0 aromatic heterocycles. The number of rotatable bonds is 17. The predicted molar refractivity (Wildman–Crippen MR) is 284 cm³/mol. The monoisotopic (exact) mass is 989 g/mol. The first-order chi connectivity index (χ1) is 31.3. The summed E-state index contributed by atoms with van der Waals surface area (Å²) < 4.78 is 34.5. The summed E-state index contributed by atoms with van der Waals surface area (Å²) in [4.78, 5) is 43.6. The van der Waals surface area contributed by atoms with Crippen molar-refractivity contribution in [2.45, 2.75) is 134 Å². The molecule has 2 aromatic carbocycles. The number of hydrogen-bond donors (Lipinski definition) is 3. The molecule has 0 bridgehead atoms. The van der Waals surface area contributed by atoms with Crippen LogP contribution in [0.1, 0.15) is 133 Å². The number of aliphatic hydroxyl groups excluding tert-OH is 2. The zero-order chi connectivity index (χ0) is 52.1. The quantitative estimate of drug-likeness (QED) is 0.0340. The molecule has 13 nitrogen and oxygen atoms in total. The Hall–Kier alpha value is -3.79. The van der Waals surface area contributed by atoms with Crippen molar-refractivity contribution in [1.29, 1.82) is 4.35 Å². The SMILES string of the molecule is C=C(C)C(=O)OCC1CO1.C=C(C)C(=O)OCCO.C=Cc1ccccc1.CC.CC.CCC(C)(C)C(=O)OCC1CO1.CCC(C)(C)C(=O)OCCO.CCC(C)c1ccccc1.[B].[NH]=[Al].[PH2-]. The summed E-state index contributed by atoms with van der Waals surface area (Å²) in [6.45, 7) is 39.6. The van der Waals surface area contributed by atoms with E-state index in [9.17, 15) is 19.2 Å². The molecule has 3 N–H and O–H groups in total. The first kappa shape index (κ1) is 78.4. The number of nitrogens with one attached hydrogen (secondary N) is 1. The van der Waals surface area contributed by atoms with E-state index >= 15 is 0 Å². The molecule has 2 fully saturated rings. The average molecular weight is 989 g/mol. The molecule has 16 heteroatoms. The van der Waals surface area contributed by atoms with Crippen LogP contribution < -0.4 is 0 Å². The minimum atomic E-state index is -0.455. The van der Waals surface area contributed by atoms with Gasteiger partial charge >= 0.3 is 44.3 Å². The molecule has 2 heterocycles. The molecule has 2 aliphatic heterocycles. The fraction of sp³-hybridized carbons (Fsp3) is 0.577. The summed E-state index contributed by atoms with van der Waals surface area (Å²) in [6.07, 6.45) is 4.92. The van der Waals surface area contributed by atoms with Gasteiger partial charge in [0.15, 0.2) is 0 Å². The van der Waals surface area contributed by atoms with Crippen LogP contribution in [0.15, 0.2) is 91.5 Å². The van der Waals surface area contributed by atoms with Crippen molar-refractivity contribution in [3.63, 3.8) is 0 Å². The van der Waals surface area contributed by atoms with Crippen LogP contribution in [0.4, 0.5) is 0 Å². The Morgan fingerprint density at radius 1 is 0.706 bits per heavy atom. The van der Waals surface area contributed by atoms with Crippen LogP contribution in [0.3, 0.4) is 0 Å². The molecule has 2 aliphatic rings. The van der Waals surface area contributed by atoms with Crippen molar-refractivity contribution >= 4 is 64.4 Å². The van der Waals surface area contributed by atoms with E-state index in [0.29, 0.717) is 36.9 Å². The molecular formula is C52H89AlBNO12P-. The van der Waals surface area contributed by atoms with Gasteiger partial charge in [-0.2, -0.15) is 0 Å². The van der Waals surface area contributed by atoms with Gasteiger partial charge in [0.2, 0.25) is 0 Å². The van der Waals surface area contributed by atoms with Crippen molar-refractivity contribution in [2.24, 2.45) is 10.8 Å². The van der Waals surface area contributed by atoms with Gasteiger partial charge in [-0.05, 0) is 77.8 Å². The fourth-order valence-electron chi connectivity index (χ4n) is 3.47. The van der Waals surface area contributed by atoms with Crippen LogP contribution in [0.5, 0.6) is 0 Å². The molecule has 0 amide bonds. The van der Waals surface area contributed by atoms with Gasteiger partial charge in [-0.25, -0.2) is 9.59 Å². The molecule has 0 saturated carbocycles. The van der Waals surface area contributed by atoms with Crippen molar-refractivity contribution in [3.05, 3.63) is 103 Å². The maximum atomic E-state index is 11.4. The number of epoxide rings is 2. The van der Waals surface area contributed by atoms with Gasteiger partial charge in [0, 0.05) is 19.6 Å². The first-order valence-corrected chi connectivity index (χ1v) is 23.3. The largest absolute Gasteiger partial charge is 0.577 e. The van der Waals surface area contributed by atoms with E-state index in [1.807, 2.05) is 106 Å². The molecule has 386 valence electrons. The second kappa shape index (κ2) is 51.1. The van der Waals surface area contributed by atoms with E-state index in [-0.39, 0.29) is 80.3 Å². The normalized spacial score (nSPS) is 13.2. The van der Waals surface area contributed by atoms with E-state index in [0.717, 1.165) is 19.4 Å². The van der Waals surface area contributed by atoms with Crippen LogP contribution in [0, 0.1) is 15.2 Å². The van der Waals surface area contributed by atoms with Gasteiger partial charge in [0.25, 0.3) is 0 Å². The molecule has 0 aliphatic carbocycles. The number of carbonyl (C=O) groups excluding carboxylic acids is 4. The van der Waals surface area contributed by atoms with Crippen LogP contribution in [0.25, 0.3) is 6.08 Å². The van der Waals surface area contributed by atoms with E-state index in [2.05, 4.69) is 68.7 Å². The maximum Gasteiger partial charge on any atom is -0.577 e. The minimum absolute atomic E-state index is 0. The zero-order valence-corrected chi connectivity index (χ0v) is 46.5. The Labute approximate surface area is 425 Å². The van der Waals surface area contributed by atoms with Gasteiger partial charge in [-0.3, -0.25) is 9.59 Å². The molecule has 4 rings (SSSR count). The third kappa shape index (κ3) is 47.3. The van der Waals surface area contributed by atoms with Crippen LogP contribution in [0.2, 0.25) is 0 Å². The second-order valence-electron chi connectivity index (χ2n) is 15.2. The zero-order valence-electron chi connectivity index (χ0n) is 44.2. The van der Waals surface area contributed by atoms with Crippen LogP contribution >= 0.6 is 9.90 Å². The third-order valence-electron chi connectivity index (χ3n) is 8.84. The van der Waals surface area contributed by atoms with Gasteiger partial charge in [-0.1, -0.05) is 142 Å². The molecule has 2 saturated heterocycles. The number of ether oxygens (including phenoxy) is 6. The predicted octanol–water partition coefficient (Wildman–Crippen LogP) is 10.4. The number of carbonyl (C=O) groups is 4. The summed E-state index contributed by atoms with van der Waals surface area (Å²) in [5.41, 5.74) is 2.63. The molecule has 0 spiro atoms. The number of esters is 4. The van der Waals surface area contributed by atoms with Crippen molar-refractivity contribution in [3.8, 4) is 0 Å².